The van der Waals surface area contributed by atoms with Crippen LogP contribution >= 0.6 is 22.7 Å². The van der Waals surface area contributed by atoms with E-state index in [-0.39, 0.29) is 5.91 Å². The minimum atomic E-state index is -5.08. The molecule has 206 valence electrons. The normalized spacial score (nSPS) is 19.6. The first-order valence-corrected chi connectivity index (χ1v) is 12.3. The number of carboxylic acids is 2. The van der Waals surface area contributed by atoms with Gasteiger partial charge in [-0.2, -0.15) is 26.3 Å². The van der Waals surface area contributed by atoms with E-state index in [9.17, 15) is 31.1 Å². The molecule has 4 heterocycles. The molecule has 8 nitrogen and oxygen atoms in total. The van der Waals surface area contributed by atoms with E-state index in [2.05, 4.69) is 39.2 Å². The van der Waals surface area contributed by atoms with Crippen molar-refractivity contribution in [2.24, 2.45) is 0 Å². The van der Waals surface area contributed by atoms with E-state index in [0.29, 0.717) is 25.0 Å². The van der Waals surface area contributed by atoms with Crippen LogP contribution in [-0.2, 0) is 27.5 Å². The van der Waals surface area contributed by atoms with Crippen LogP contribution in [0, 0.1) is 13.8 Å². The number of thiazole rings is 1. The van der Waals surface area contributed by atoms with Gasteiger partial charge in [-0.1, -0.05) is 0 Å². The summed E-state index contributed by atoms with van der Waals surface area (Å²) in [6.07, 6.45) is -8.41. The standard InChI is InChI=1S/C17H21N3OS2.2C2HF3O2/c1-11-3-4-14(23-11)9-19-6-5-15-16(19)7-17(21)20(15)8-13-10-22-12(2)18-13;2*3-2(4,5)1(6)7/h3-4,10,15-16H,5-9H2,1-2H3;2*(H,6,7). The lowest BCUT2D eigenvalue weighted by Gasteiger charge is -2.24. The number of thiophene rings is 1. The van der Waals surface area contributed by atoms with Crippen LogP contribution in [0.15, 0.2) is 17.5 Å². The SMILES string of the molecule is Cc1ccc(CN2CCC3C2CC(=O)N3Cc2csc(C)n2)s1.O=C(O)C(F)(F)F.O=C(O)C(F)(F)F. The number of carbonyl (C=O) groups excluding carboxylic acids is 1. The molecule has 2 N–H and O–H groups in total. The van der Waals surface area contributed by atoms with E-state index in [0.717, 1.165) is 30.2 Å². The van der Waals surface area contributed by atoms with Gasteiger partial charge in [0.25, 0.3) is 0 Å². The first-order valence-electron chi connectivity index (χ1n) is 10.6. The van der Waals surface area contributed by atoms with Crippen molar-refractivity contribution in [2.75, 3.05) is 6.54 Å². The summed E-state index contributed by atoms with van der Waals surface area (Å²) in [6, 6.07) is 5.15. The molecule has 2 aromatic rings. The number of likely N-dealkylation sites (tertiary alicyclic amines) is 2. The molecule has 1 amide bonds. The van der Waals surface area contributed by atoms with Gasteiger partial charge in [0.2, 0.25) is 5.91 Å². The number of fused-ring (bicyclic) bond motifs is 1. The van der Waals surface area contributed by atoms with Crippen LogP contribution in [-0.4, -0.2) is 73.8 Å². The predicted molar refractivity (Wildman–Crippen MR) is 121 cm³/mol. The molecule has 2 fully saturated rings. The van der Waals surface area contributed by atoms with Crippen molar-refractivity contribution in [3.8, 4) is 0 Å². The number of halogens is 6. The molecule has 2 aliphatic rings. The maximum Gasteiger partial charge on any atom is 0.490 e. The molecule has 37 heavy (non-hydrogen) atoms. The van der Waals surface area contributed by atoms with Gasteiger partial charge in [-0.25, -0.2) is 14.6 Å². The molecule has 2 saturated heterocycles. The van der Waals surface area contributed by atoms with E-state index in [1.165, 1.54) is 9.75 Å². The summed E-state index contributed by atoms with van der Waals surface area (Å²) < 4.78 is 63.5. The van der Waals surface area contributed by atoms with Gasteiger partial charge in [-0.3, -0.25) is 9.69 Å². The zero-order chi connectivity index (χ0) is 28.1. The smallest absolute Gasteiger partial charge is 0.475 e. The fourth-order valence-electron chi connectivity index (χ4n) is 3.84. The number of rotatable bonds is 4. The van der Waals surface area contributed by atoms with E-state index < -0.39 is 24.3 Å². The molecule has 2 aromatic heterocycles. The molecule has 2 aliphatic heterocycles. The Labute approximate surface area is 215 Å². The van der Waals surface area contributed by atoms with Gasteiger partial charge < -0.3 is 15.1 Å². The Balaban J connectivity index is 0.000000286. The van der Waals surface area contributed by atoms with Crippen molar-refractivity contribution in [1.29, 1.82) is 0 Å². The highest BCUT2D eigenvalue weighted by Gasteiger charge is 2.46. The molecule has 4 rings (SSSR count). The van der Waals surface area contributed by atoms with E-state index in [1.54, 1.807) is 11.3 Å². The van der Waals surface area contributed by atoms with Crippen molar-refractivity contribution in [2.45, 2.75) is 64.2 Å². The summed E-state index contributed by atoms with van der Waals surface area (Å²) >= 11 is 3.53. The summed E-state index contributed by atoms with van der Waals surface area (Å²) in [5.74, 6) is -5.22. The Morgan fingerprint density at radius 3 is 2.03 bits per heavy atom. The van der Waals surface area contributed by atoms with Crippen molar-refractivity contribution >= 4 is 40.5 Å². The average molecular weight is 576 g/mol. The Kier molecular flexibility index (Phi) is 10.1. The molecular weight excluding hydrogens is 552 g/mol. The van der Waals surface area contributed by atoms with Gasteiger partial charge >= 0.3 is 24.3 Å². The summed E-state index contributed by atoms with van der Waals surface area (Å²) in [4.78, 5) is 42.1. The number of aryl methyl sites for hydroxylation is 2. The van der Waals surface area contributed by atoms with Crippen LogP contribution in [0.3, 0.4) is 0 Å². The first kappa shape index (κ1) is 30.5. The minimum absolute atomic E-state index is 0.290. The van der Waals surface area contributed by atoms with Gasteiger partial charge in [0.15, 0.2) is 0 Å². The van der Waals surface area contributed by atoms with Crippen LogP contribution in [0.1, 0.15) is 33.3 Å². The highest BCUT2D eigenvalue weighted by Crippen LogP contribution is 2.35. The predicted octanol–water partition coefficient (Wildman–Crippen LogP) is 4.46. The van der Waals surface area contributed by atoms with Crippen LogP contribution in [0.4, 0.5) is 26.3 Å². The molecule has 0 saturated carbocycles. The number of alkyl halides is 6. The van der Waals surface area contributed by atoms with E-state index >= 15 is 0 Å². The lowest BCUT2D eigenvalue weighted by molar-refractivity contribution is -0.193. The second-order valence-electron chi connectivity index (χ2n) is 8.10. The molecule has 0 radical (unpaired) electrons. The highest BCUT2D eigenvalue weighted by molar-refractivity contribution is 7.11. The fourth-order valence-corrected chi connectivity index (χ4v) is 5.36. The number of aliphatic carboxylic acids is 2. The number of nitrogens with zero attached hydrogens (tertiary/aromatic N) is 3. The molecule has 0 bridgehead atoms. The lowest BCUT2D eigenvalue weighted by atomic mass is 10.1. The van der Waals surface area contributed by atoms with Crippen LogP contribution in [0.25, 0.3) is 0 Å². The van der Waals surface area contributed by atoms with Crippen molar-refractivity contribution in [1.82, 2.24) is 14.8 Å². The zero-order valence-corrected chi connectivity index (χ0v) is 21.1. The van der Waals surface area contributed by atoms with Gasteiger partial charge in [-0.05, 0) is 32.4 Å². The lowest BCUT2D eigenvalue weighted by Crippen LogP contribution is -2.36. The average Bonchev–Trinajstić information content (AvgIpc) is 3.52. The summed E-state index contributed by atoms with van der Waals surface area (Å²) in [5, 5.41) is 17.4. The molecule has 0 aliphatic carbocycles. The third-order valence-corrected chi connectivity index (χ3v) is 7.18. The van der Waals surface area contributed by atoms with Gasteiger partial charge in [0.05, 0.1) is 17.2 Å². The van der Waals surface area contributed by atoms with Gasteiger partial charge in [0.1, 0.15) is 0 Å². The Hall–Kier alpha value is -2.72. The third-order valence-electron chi connectivity index (χ3n) is 5.37. The van der Waals surface area contributed by atoms with Crippen molar-refractivity contribution < 1.29 is 50.9 Å². The second kappa shape index (κ2) is 12.2. The molecule has 2 unspecified atom stereocenters. The summed E-state index contributed by atoms with van der Waals surface area (Å²) in [5.41, 5.74) is 1.04. The summed E-state index contributed by atoms with van der Waals surface area (Å²) in [7, 11) is 0. The third kappa shape index (κ3) is 8.96. The van der Waals surface area contributed by atoms with Crippen LogP contribution in [0.5, 0.6) is 0 Å². The monoisotopic (exact) mass is 575 g/mol. The number of aromatic nitrogens is 1. The number of carboxylic acid groups (broad SMARTS) is 2. The van der Waals surface area contributed by atoms with Crippen LogP contribution in [0.2, 0.25) is 0 Å². The van der Waals surface area contributed by atoms with Gasteiger partial charge in [0, 0.05) is 46.7 Å². The van der Waals surface area contributed by atoms with E-state index in [1.807, 2.05) is 18.3 Å². The van der Waals surface area contributed by atoms with Gasteiger partial charge in [-0.15, -0.1) is 22.7 Å². The largest absolute Gasteiger partial charge is 0.490 e. The molecular formula is C21H23F6N3O5S2. The van der Waals surface area contributed by atoms with E-state index in [4.69, 9.17) is 19.8 Å². The minimum Gasteiger partial charge on any atom is -0.475 e. The molecule has 0 aromatic carbocycles. The molecule has 2 atom stereocenters. The number of hydrogen-bond acceptors (Lipinski definition) is 7. The Morgan fingerprint density at radius 1 is 1.03 bits per heavy atom. The first-order chi connectivity index (χ1) is 17.0. The maximum atomic E-state index is 12.5. The van der Waals surface area contributed by atoms with Crippen molar-refractivity contribution in [3.05, 3.63) is 38.0 Å². The number of hydrogen-bond donors (Lipinski definition) is 2. The van der Waals surface area contributed by atoms with Crippen LogP contribution < -0.4 is 0 Å². The van der Waals surface area contributed by atoms with Crippen molar-refractivity contribution in [3.63, 3.8) is 0 Å². The highest BCUT2D eigenvalue weighted by atomic mass is 32.1. The maximum absolute atomic E-state index is 12.5. The summed E-state index contributed by atoms with van der Waals surface area (Å²) in [6.45, 7) is 6.92. The zero-order valence-electron chi connectivity index (χ0n) is 19.5. The molecule has 0 spiro atoms. The topological polar surface area (TPSA) is 111 Å². The fraction of sp³-hybridized carbons (Fsp3) is 0.524. The second-order valence-corrected chi connectivity index (χ2v) is 10.5. The number of amides is 1. The Bertz CT molecular complexity index is 1080. The number of carbonyl (C=O) groups is 3. The Morgan fingerprint density at radius 2 is 1.59 bits per heavy atom. The molecule has 16 heteroatoms. The quantitative estimate of drug-likeness (QED) is 0.518.